The summed E-state index contributed by atoms with van der Waals surface area (Å²) in [5.41, 5.74) is 2.22. The summed E-state index contributed by atoms with van der Waals surface area (Å²) in [4.78, 5) is 42.4. The number of benzene rings is 1. The number of rotatable bonds is 13. The molecule has 1 aromatic carbocycles. The Balaban J connectivity index is 2.46. The van der Waals surface area contributed by atoms with Crippen LogP contribution in [-0.2, 0) is 14.3 Å². The molecule has 1 aromatic rings. The first-order valence-electron chi connectivity index (χ1n) is 13.5. The molecule has 2 rings (SSSR count). The van der Waals surface area contributed by atoms with E-state index in [0.29, 0.717) is 18.7 Å². The second kappa shape index (κ2) is 14.1. The van der Waals surface area contributed by atoms with Crippen molar-refractivity contribution in [3.05, 3.63) is 34.9 Å². The first kappa shape index (κ1) is 31.0. The maximum Gasteiger partial charge on any atom is 0.408 e. The molecule has 208 valence electrons. The number of carbonyl (C=O) groups excluding carboxylic acids is 3. The zero-order chi connectivity index (χ0) is 27.8. The average Bonchev–Trinajstić information content (AvgIpc) is 3.52. The number of nitrogens with zero attached hydrogens (tertiary/aromatic N) is 1. The lowest BCUT2D eigenvalue weighted by molar-refractivity contribution is -0.143. The van der Waals surface area contributed by atoms with Gasteiger partial charge in [0, 0.05) is 12.6 Å². The van der Waals surface area contributed by atoms with Crippen molar-refractivity contribution in [2.75, 3.05) is 18.6 Å². The molecule has 4 unspecified atom stereocenters. The van der Waals surface area contributed by atoms with Crippen molar-refractivity contribution in [3.8, 4) is 0 Å². The largest absolute Gasteiger partial charge is 0.444 e. The van der Waals surface area contributed by atoms with E-state index in [2.05, 4.69) is 30.5 Å². The molecule has 0 radical (unpaired) electrons. The van der Waals surface area contributed by atoms with Crippen LogP contribution in [0.5, 0.6) is 0 Å². The molecule has 4 atom stereocenters. The topological polar surface area (TPSA) is 87.7 Å². The number of amides is 3. The molecule has 0 bridgehead atoms. The molecule has 1 aliphatic rings. The first-order chi connectivity index (χ1) is 17.4. The number of unbranched alkanes of at least 4 members (excludes halogenated alkanes) is 2. The second-order valence-corrected chi connectivity index (χ2v) is 12.3. The third kappa shape index (κ3) is 9.55. The van der Waals surface area contributed by atoms with Gasteiger partial charge in [0.05, 0.1) is 0 Å². The highest BCUT2D eigenvalue weighted by Crippen LogP contribution is 2.41. The molecule has 3 amide bonds. The Bertz CT molecular complexity index is 930. The molecule has 0 aliphatic heterocycles. The lowest BCUT2D eigenvalue weighted by atomic mass is 9.96. The van der Waals surface area contributed by atoms with Crippen LogP contribution in [0.1, 0.15) is 89.5 Å². The lowest BCUT2D eigenvalue weighted by Crippen LogP contribution is -2.54. The summed E-state index contributed by atoms with van der Waals surface area (Å²) in [6, 6.07) is 4.40. The summed E-state index contributed by atoms with van der Waals surface area (Å²) in [5.74, 6) is 0.574. The maximum absolute atomic E-state index is 14.2. The fourth-order valence-corrected chi connectivity index (χ4v) is 5.00. The highest BCUT2D eigenvalue weighted by molar-refractivity contribution is 7.98. The van der Waals surface area contributed by atoms with Gasteiger partial charge in [-0.2, -0.15) is 11.8 Å². The van der Waals surface area contributed by atoms with Crippen LogP contribution < -0.4 is 10.6 Å². The first-order valence-corrected chi connectivity index (χ1v) is 14.9. The standard InChI is InChI=1S/C29H47N3O4S/c1-9-10-11-15-30-26(33)25(22-13-12-19(2)17-20(22)3)32(24-18-21(24)4)27(34)23(14-16-37-8)31-28(35)36-29(5,6)7/h12-13,17,21,23-25H,9-11,14-16,18H2,1-8H3,(H,30,33)(H,31,35). The van der Waals surface area contributed by atoms with Gasteiger partial charge < -0.3 is 20.3 Å². The Morgan fingerprint density at radius 1 is 1.19 bits per heavy atom. The highest BCUT2D eigenvalue weighted by Gasteiger charge is 2.48. The summed E-state index contributed by atoms with van der Waals surface area (Å²) in [5, 5.41) is 5.91. The van der Waals surface area contributed by atoms with Gasteiger partial charge in [0.15, 0.2) is 0 Å². The van der Waals surface area contributed by atoms with E-state index in [0.717, 1.165) is 42.4 Å². The molecule has 7 nitrogen and oxygen atoms in total. The predicted octanol–water partition coefficient (Wildman–Crippen LogP) is 5.53. The Kier molecular flexibility index (Phi) is 11.8. The molecule has 0 aromatic heterocycles. The summed E-state index contributed by atoms with van der Waals surface area (Å²) in [6.45, 7) is 14.2. The van der Waals surface area contributed by atoms with E-state index in [9.17, 15) is 14.4 Å². The third-order valence-corrected chi connectivity index (χ3v) is 7.25. The molecule has 0 heterocycles. The Morgan fingerprint density at radius 3 is 2.41 bits per heavy atom. The van der Waals surface area contributed by atoms with Gasteiger partial charge >= 0.3 is 6.09 Å². The van der Waals surface area contributed by atoms with E-state index in [1.54, 1.807) is 37.4 Å². The predicted molar refractivity (Wildman–Crippen MR) is 152 cm³/mol. The van der Waals surface area contributed by atoms with Crippen LogP contribution in [0.15, 0.2) is 18.2 Å². The molecule has 2 N–H and O–H groups in total. The van der Waals surface area contributed by atoms with Crippen LogP contribution in [0.4, 0.5) is 4.79 Å². The lowest BCUT2D eigenvalue weighted by Gasteiger charge is -2.35. The van der Waals surface area contributed by atoms with E-state index in [1.165, 1.54) is 0 Å². The minimum atomic E-state index is -0.781. The normalized spacial score (nSPS) is 18.5. The van der Waals surface area contributed by atoms with Crippen molar-refractivity contribution in [2.24, 2.45) is 5.92 Å². The molecule has 0 spiro atoms. The highest BCUT2D eigenvalue weighted by atomic mass is 32.2. The van der Waals surface area contributed by atoms with Gasteiger partial charge in [-0.05, 0) is 82.9 Å². The van der Waals surface area contributed by atoms with Crippen molar-refractivity contribution >= 4 is 29.7 Å². The minimum Gasteiger partial charge on any atom is -0.444 e. The maximum atomic E-state index is 14.2. The number of hydrogen-bond donors (Lipinski definition) is 2. The van der Waals surface area contributed by atoms with Crippen molar-refractivity contribution in [1.29, 1.82) is 0 Å². The zero-order valence-electron chi connectivity index (χ0n) is 24.0. The number of aryl methyl sites for hydroxylation is 2. The Hall–Kier alpha value is -2.22. The smallest absolute Gasteiger partial charge is 0.408 e. The van der Waals surface area contributed by atoms with Gasteiger partial charge in [-0.25, -0.2) is 4.79 Å². The molecule has 1 fully saturated rings. The third-order valence-electron chi connectivity index (χ3n) is 6.60. The molecule has 37 heavy (non-hydrogen) atoms. The fourth-order valence-electron chi connectivity index (χ4n) is 4.53. The fraction of sp³-hybridized carbons (Fsp3) is 0.690. The van der Waals surface area contributed by atoms with Crippen LogP contribution in [-0.4, -0.2) is 59.0 Å². The van der Waals surface area contributed by atoms with Crippen LogP contribution in [0.25, 0.3) is 0 Å². The summed E-state index contributed by atoms with van der Waals surface area (Å²) >= 11 is 1.61. The van der Waals surface area contributed by atoms with Crippen molar-refractivity contribution in [2.45, 2.75) is 104 Å². The van der Waals surface area contributed by atoms with E-state index in [1.807, 2.05) is 32.2 Å². The van der Waals surface area contributed by atoms with Crippen LogP contribution >= 0.6 is 11.8 Å². The summed E-state index contributed by atoms with van der Waals surface area (Å²) < 4.78 is 5.47. The van der Waals surface area contributed by atoms with Crippen molar-refractivity contribution in [3.63, 3.8) is 0 Å². The van der Waals surface area contributed by atoms with Gasteiger partial charge in [-0.15, -0.1) is 0 Å². The van der Waals surface area contributed by atoms with E-state index in [-0.39, 0.29) is 23.8 Å². The average molecular weight is 534 g/mol. The van der Waals surface area contributed by atoms with Gasteiger partial charge in [-0.1, -0.05) is 50.5 Å². The van der Waals surface area contributed by atoms with Gasteiger partial charge in [0.25, 0.3) is 0 Å². The number of carbonyl (C=O) groups is 3. The van der Waals surface area contributed by atoms with Gasteiger partial charge in [-0.3, -0.25) is 9.59 Å². The van der Waals surface area contributed by atoms with Gasteiger partial charge in [0.2, 0.25) is 11.8 Å². The van der Waals surface area contributed by atoms with E-state index < -0.39 is 23.8 Å². The second-order valence-electron chi connectivity index (χ2n) is 11.3. The van der Waals surface area contributed by atoms with Crippen LogP contribution in [0, 0.1) is 19.8 Å². The monoisotopic (exact) mass is 533 g/mol. The summed E-state index contributed by atoms with van der Waals surface area (Å²) in [7, 11) is 0. The van der Waals surface area contributed by atoms with Crippen LogP contribution in [0.2, 0.25) is 0 Å². The number of hydrogen-bond acceptors (Lipinski definition) is 5. The molecule has 8 heteroatoms. The molecular weight excluding hydrogens is 486 g/mol. The SMILES string of the molecule is CCCCCNC(=O)C(c1ccc(C)cc1C)N(C(=O)C(CCSC)NC(=O)OC(C)(C)C)C1CC1C. The van der Waals surface area contributed by atoms with Gasteiger partial charge in [0.1, 0.15) is 17.7 Å². The Labute approximate surface area is 227 Å². The summed E-state index contributed by atoms with van der Waals surface area (Å²) in [6.07, 6.45) is 5.63. The Morgan fingerprint density at radius 2 is 1.86 bits per heavy atom. The molecule has 1 aliphatic carbocycles. The number of thioether (sulfide) groups is 1. The van der Waals surface area contributed by atoms with Crippen molar-refractivity contribution in [1.82, 2.24) is 15.5 Å². The van der Waals surface area contributed by atoms with E-state index in [4.69, 9.17) is 4.74 Å². The minimum absolute atomic E-state index is 0.0585. The number of ether oxygens (including phenoxy) is 1. The quantitative estimate of drug-likeness (QED) is 0.325. The number of alkyl carbamates (subject to hydrolysis) is 1. The molecule has 0 saturated heterocycles. The zero-order valence-corrected chi connectivity index (χ0v) is 24.8. The van der Waals surface area contributed by atoms with Crippen molar-refractivity contribution < 1.29 is 19.1 Å². The van der Waals surface area contributed by atoms with Crippen LogP contribution in [0.3, 0.4) is 0 Å². The molecule has 1 saturated carbocycles. The number of nitrogens with one attached hydrogen (secondary N) is 2. The molecular formula is C29H47N3O4S. The van der Waals surface area contributed by atoms with E-state index >= 15 is 0 Å².